The van der Waals surface area contributed by atoms with Crippen molar-refractivity contribution in [3.05, 3.63) is 53.9 Å². The van der Waals surface area contributed by atoms with E-state index < -0.39 is 6.04 Å². The summed E-state index contributed by atoms with van der Waals surface area (Å²) >= 11 is 0. The SMILES string of the molecule is Cn1nccc1C1CCN(C(=O)[C@@H](N)Cc2ccccc2)CC1. The van der Waals surface area contributed by atoms with Crippen molar-refractivity contribution in [2.75, 3.05) is 13.1 Å². The molecule has 1 aromatic carbocycles. The Bertz CT molecular complexity index is 644. The van der Waals surface area contributed by atoms with E-state index >= 15 is 0 Å². The summed E-state index contributed by atoms with van der Waals surface area (Å²) in [5.41, 5.74) is 8.49. The second kappa shape index (κ2) is 6.96. The summed E-state index contributed by atoms with van der Waals surface area (Å²) in [6.07, 6.45) is 4.39. The third kappa shape index (κ3) is 3.62. The molecule has 1 aliphatic heterocycles. The molecule has 122 valence electrons. The van der Waals surface area contributed by atoms with Gasteiger partial charge in [-0.15, -0.1) is 0 Å². The lowest BCUT2D eigenvalue weighted by Crippen LogP contribution is -2.47. The number of nitrogens with two attached hydrogens (primary N) is 1. The van der Waals surface area contributed by atoms with E-state index in [9.17, 15) is 4.79 Å². The monoisotopic (exact) mass is 312 g/mol. The molecule has 1 saturated heterocycles. The Morgan fingerprint density at radius 2 is 1.96 bits per heavy atom. The number of piperidine rings is 1. The van der Waals surface area contributed by atoms with Gasteiger partial charge in [0, 0.05) is 37.9 Å². The van der Waals surface area contributed by atoms with Crippen molar-refractivity contribution in [3.63, 3.8) is 0 Å². The fourth-order valence-corrected chi connectivity index (χ4v) is 3.37. The zero-order chi connectivity index (χ0) is 16.2. The molecule has 0 radical (unpaired) electrons. The van der Waals surface area contributed by atoms with Gasteiger partial charge in [-0.2, -0.15) is 5.10 Å². The molecule has 0 unspecified atom stereocenters. The first kappa shape index (κ1) is 15.7. The molecule has 5 heteroatoms. The van der Waals surface area contributed by atoms with Gasteiger partial charge in [-0.05, 0) is 30.9 Å². The van der Waals surface area contributed by atoms with E-state index in [4.69, 9.17) is 5.73 Å². The number of hydrogen-bond acceptors (Lipinski definition) is 3. The largest absolute Gasteiger partial charge is 0.341 e. The van der Waals surface area contributed by atoms with Gasteiger partial charge in [0.1, 0.15) is 0 Å². The fraction of sp³-hybridized carbons (Fsp3) is 0.444. The molecule has 0 spiro atoms. The molecule has 2 aromatic rings. The molecule has 0 aliphatic carbocycles. The molecular weight excluding hydrogens is 288 g/mol. The topological polar surface area (TPSA) is 64.2 Å². The molecule has 1 atom stereocenters. The van der Waals surface area contributed by atoms with Crippen LogP contribution in [0.2, 0.25) is 0 Å². The van der Waals surface area contributed by atoms with Crippen molar-refractivity contribution in [1.29, 1.82) is 0 Å². The molecule has 0 saturated carbocycles. The number of nitrogens with zero attached hydrogens (tertiary/aromatic N) is 3. The van der Waals surface area contributed by atoms with Crippen molar-refractivity contribution in [2.24, 2.45) is 12.8 Å². The summed E-state index contributed by atoms with van der Waals surface area (Å²) in [6.45, 7) is 1.55. The Morgan fingerprint density at radius 3 is 2.57 bits per heavy atom. The summed E-state index contributed by atoms with van der Waals surface area (Å²) < 4.78 is 1.93. The van der Waals surface area contributed by atoms with Crippen LogP contribution in [0.15, 0.2) is 42.6 Å². The number of aromatic nitrogens is 2. The van der Waals surface area contributed by atoms with Crippen molar-refractivity contribution in [3.8, 4) is 0 Å². The lowest BCUT2D eigenvalue weighted by atomic mass is 9.93. The summed E-state index contributed by atoms with van der Waals surface area (Å²) in [5, 5.41) is 4.24. The van der Waals surface area contributed by atoms with Crippen LogP contribution in [0, 0.1) is 0 Å². The fourth-order valence-electron chi connectivity index (χ4n) is 3.37. The zero-order valence-electron chi connectivity index (χ0n) is 13.6. The molecule has 2 heterocycles. The van der Waals surface area contributed by atoms with Gasteiger partial charge >= 0.3 is 0 Å². The van der Waals surface area contributed by atoms with Gasteiger partial charge in [0.25, 0.3) is 0 Å². The number of hydrogen-bond donors (Lipinski definition) is 1. The quantitative estimate of drug-likeness (QED) is 0.934. The molecule has 1 amide bonds. The number of rotatable bonds is 4. The van der Waals surface area contributed by atoms with Crippen LogP contribution in [-0.2, 0) is 18.3 Å². The first-order valence-corrected chi connectivity index (χ1v) is 8.21. The third-order valence-electron chi connectivity index (χ3n) is 4.70. The highest BCUT2D eigenvalue weighted by Crippen LogP contribution is 2.27. The number of carbonyl (C=O) groups excluding carboxylic acids is 1. The van der Waals surface area contributed by atoms with E-state index in [1.165, 1.54) is 5.69 Å². The van der Waals surface area contributed by atoms with Crippen LogP contribution in [-0.4, -0.2) is 39.7 Å². The molecule has 1 fully saturated rings. The van der Waals surface area contributed by atoms with E-state index in [-0.39, 0.29) is 5.91 Å². The Morgan fingerprint density at radius 1 is 1.26 bits per heavy atom. The third-order valence-corrected chi connectivity index (χ3v) is 4.70. The Kier molecular flexibility index (Phi) is 4.76. The highest BCUT2D eigenvalue weighted by Gasteiger charge is 2.28. The maximum atomic E-state index is 12.5. The molecule has 5 nitrogen and oxygen atoms in total. The van der Waals surface area contributed by atoms with Crippen LogP contribution in [0.5, 0.6) is 0 Å². The minimum absolute atomic E-state index is 0.0670. The van der Waals surface area contributed by atoms with Crippen LogP contribution in [0.25, 0.3) is 0 Å². The molecule has 1 aromatic heterocycles. The molecule has 1 aliphatic rings. The van der Waals surface area contributed by atoms with E-state index in [2.05, 4.69) is 11.2 Å². The maximum Gasteiger partial charge on any atom is 0.239 e. The number of benzene rings is 1. The number of likely N-dealkylation sites (tertiary alicyclic amines) is 1. The normalized spacial score (nSPS) is 17.2. The summed E-state index contributed by atoms with van der Waals surface area (Å²) in [7, 11) is 1.97. The minimum atomic E-state index is -0.453. The van der Waals surface area contributed by atoms with E-state index in [0.717, 1.165) is 31.5 Å². The highest BCUT2D eigenvalue weighted by atomic mass is 16.2. The van der Waals surface area contributed by atoms with Crippen LogP contribution in [0.3, 0.4) is 0 Å². The number of carbonyl (C=O) groups is 1. The van der Waals surface area contributed by atoms with E-state index in [1.807, 2.05) is 53.2 Å². The molecule has 2 N–H and O–H groups in total. The standard InChI is InChI=1S/C18H24N4O/c1-21-17(7-10-20-21)15-8-11-22(12-9-15)18(23)16(19)13-14-5-3-2-4-6-14/h2-7,10,15-16H,8-9,11-13,19H2,1H3/t16-/m0/s1. The molecule has 23 heavy (non-hydrogen) atoms. The van der Waals surface area contributed by atoms with Gasteiger partial charge in [-0.25, -0.2) is 0 Å². The predicted octanol–water partition coefficient (Wildman–Crippen LogP) is 1.70. The summed E-state index contributed by atoms with van der Waals surface area (Å²) in [5.74, 6) is 0.550. The van der Waals surface area contributed by atoms with Gasteiger partial charge in [0.15, 0.2) is 0 Å². The van der Waals surface area contributed by atoms with Crippen LogP contribution < -0.4 is 5.73 Å². The van der Waals surface area contributed by atoms with Crippen LogP contribution in [0.4, 0.5) is 0 Å². The number of amides is 1. The van der Waals surface area contributed by atoms with Gasteiger partial charge in [-0.1, -0.05) is 30.3 Å². The van der Waals surface area contributed by atoms with Crippen molar-refractivity contribution in [1.82, 2.24) is 14.7 Å². The summed E-state index contributed by atoms with van der Waals surface area (Å²) in [4.78, 5) is 14.5. The van der Waals surface area contributed by atoms with Gasteiger partial charge in [-0.3, -0.25) is 9.48 Å². The second-order valence-electron chi connectivity index (χ2n) is 6.28. The lowest BCUT2D eigenvalue weighted by Gasteiger charge is -2.33. The molecule has 3 rings (SSSR count). The Hall–Kier alpha value is -2.14. The zero-order valence-corrected chi connectivity index (χ0v) is 13.6. The van der Waals surface area contributed by atoms with E-state index in [0.29, 0.717) is 12.3 Å². The minimum Gasteiger partial charge on any atom is -0.341 e. The van der Waals surface area contributed by atoms with E-state index in [1.54, 1.807) is 0 Å². The second-order valence-corrected chi connectivity index (χ2v) is 6.28. The molecule has 0 bridgehead atoms. The predicted molar refractivity (Wildman–Crippen MR) is 89.9 cm³/mol. The average Bonchev–Trinajstić information content (AvgIpc) is 3.01. The van der Waals surface area contributed by atoms with Gasteiger partial charge in [0.05, 0.1) is 6.04 Å². The Balaban J connectivity index is 1.55. The lowest BCUT2D eigenvalue weighted by molar-refractivity contribution is -0.133. The highest BCUT2D eigenvalue weighted by molar-refractivity contribution is 5.82. The maximum absolute atomic E-state index is 12.5. The smallest absolute Gasteiger partial charge is 0.239 e. The van der Waals surface area contributed by atoms with Crippen molar-refractivity contribution >= 4 is 5.91 Å². The first-order valence-electron chi connectivity index (χ1n) is 8.21. The average molecular weight is 312 g/mol. The van der Waals surface area contributed by atoms with Crippen molar-refractivity contribution in [2.45, 2.75) is 31.2 Å². The summed E-state index contributed by atoms with van der Waals surface area (Å²) in [6, 6.07) is 11.6. The number of aryl methyl sites for hydroxylation is 1. The van der Waals surface area contributed by atoms with Gasteiger partial charge < -0.3 is 10.6 Å². The van der Waals surface area contributed by atoms with Crippen LogP contribution in [0.1, 0.15) is 30.0 Å². The molecular formula is C18H24N4O. The Labute approximate surface area is 137 Å². The first-order chi connectivity index (χ1) is 11.1. The van der Waals surface area contributed by atoms with Gasteiger partial charge in [0.2, 0.25) is 5.91 Å². The van der Waals surface area contributed by atoms with Crippen molar-refractivity contribution < 1.29 is 4.79 Å². The van der Waals surface area contributed by atoms with Crippen LogP contribution >= 0.6 is 0 Å².